The van der Waals surface area contributed by atoms with Crippen LogP contribution in [0.2, 0.25) is 0 Å². The van der Waals surface area contributed by atoms with Crippen molar-refractivity contribution in [1.82, 2.24) is 0 Å². The molecule has 2 aromatic rings. The molecule has 8 nitrogen and oxygen atoms in total. The van der Waals surface area contributed by atoms with E-state index in [9.17, 15) is 21.4 Å². The average Bonchev–Trinajstić information content (AvgIpc) is 2.67. The van der Waals surface area contributed by atoms with Crippen LogP contribution >= 0.6 is 11.3 Å². The quantitative estimate of drug-likeness (QED) is 0.598. The van der Waals surface area contributed by atoms with Gasteiger partial charge in [0, 0.05) is 10.9 Å². The Hall–Kier alpha value is -1.66. The van der Waals surface area contributed by atoms with Crippen LogP contribution in [0.4, 0.5) is 11.4 Å². The molecule has 0 unspecified atom stereocenters. The fourth-order valence-electron chi connectivity index (χ4n) is 1.65. The van der Waals surface area contributed by atoms with E-state index < -0.39 is 30.0 Å². The van der Waals surface area contributed by atoms with E-state index in [-0.39, 0.29) is 21.8 Å². The fourth-order valence-corrected chi connectivity index (χ4v) is 3.94. The fraction of sp³-hybridized carbons (Fsp3) is 0. The van der Waals surface area contributed by atoms with E-state index in [1.807, 2.05) is 0 Å². The van der Waals surface area contributed by atoms with Crippen molar-refractivity contribution in [2.24, 2.45) is 0 Å². The Morgan fingerprint density at radius 2 is 1.62 bits per heavy atom. The molecule has 1 aromatic heterocycles. The van der Waals surface area contributed by atoms with Gasteiger partial charge in [0.1, 0.15) is 4.90 Å². The molecule has 0 saturated heterocycles. The van der Waals surface area contributed by atoms with Gasteiger partial charge in [0.25, 0.3) is 20.2 Å². The Morgan fingerprint density at radius 1 is 1.00 bits per heavy atom. The highest BCUT2D eigenvalue weighted by atomic mass is 32.2. The number of rotatable bonds is 3. The summed E-state index contributed by atoms with van der Waals surface area (Å²) in [7, 11) is -9.35. The summed E-state index contributed by atoms with van der Waals surface area (Å²) >= 11 is 1.04. The predicted octanol–water partition coefficient (Wildman–Crippen LogP) is 1.07. The van der Waals surface area contributed by atoms with Gasteiger partial charge in [-0.15, -0.1) is 11.3 Å². The van der Waals surface area contributed by atoms with Gasteiger partial charge in [0.2, 0.25) is 0 Å². The second kappa shape index (κ2) is 4.96. The number of nitrogen functional groups attached to an aromatic ring is 2. The van der Waals surface area contributed by atoms with E-state index in [4.69, 9.17) is 16.0 Å². The molecule has 0 atom stereocenters. The second-order valence-electron chi connectivity index (χ2n) is 4.04. The average molecular weight is 350 g/mol. The maximum atomic E-state index is 11.4. The third-order valence-corrected chi connectivity index (χ3v) is 5.42. The minimum atomic E-state index is -4.74. The van der Waals surface area contributed by atoms with E-state index in [0.29, 0.717) is 6.07 Å². The minimum Gasteiger partial charge on any atom is -0.396 e. The molecule has 1 heterocycles. The molecule has 0 amide bonds. The highest BCUT2D eigenvalue weighted by molar-refractivity contribution is 7.86. The van der Waals surface area contributed by atoms with Crippen molar-refractivity contribution in [1.29, 1.82) is 0 Å². The van der Waals surface area contributed by atoms with Crippen molar-refractivity contribution in [2.45, 2.75) is 9.79 Å². The monoisotopic (exact) mass is 350 g/mol. The van der Waals surface area contributed by atoms with Crippen LogP contribution in [0, 0.1) is 0 Å². The molecular weight excluding hydrogens is 340 g/mol. The first-order valence-electron chi connectivity index (χ1n) is 5.23. The Labute approximate surface area is 124 Å². The van der Waals surface area contributed by atoms with Gasteiger partial charge in [-0.1, -0.05) is 6.07 Å². The van der Waals surface area contributed by atoms with E-state index in [1.54, 1.807) is 0 Å². The van der Waals surface area contributed by atoms with Crippen LogP contribution in [-0.2, 0) is 20.2 Å². The summed E-state index contributed by atoms with van der Waals surface area (Å²) in [6, 6.07) is 2.76. The van der Waals surface area contributed by atoms with Gasteiger partial charge in [-0.3, -0.25) is 9.11 Å². The van der Waals surface area contributed by atoms with Crippen molar-refractivity contribution < 1.29 is 25.9 Å². The molecule has 0 bridgehead atoms. The zero-order chi connectivity index (χ0) is 16.0. The third-order valence-electron chi connectivity index (χ3n) is 2.63. The zero-order valence-electron chi connectivity index (χ0n) is 10.2. The summed E-state index contributed by atoms with van der Waals surface area (Å²) in [5, 5.41) is 1.48. The van der Waals surface area contributed by atoms with Crippen molar-refractivity contribution in [3.8, 4) is 10.4 Å². The SMILES string of the molecule is Nc1csc(-c2ccc(S(=O)(=O)O)cc2S(=O)(=O)O)c1N. The van der Waals surface area contributed by atoms with Crippen LogP contribution in [0.5, 0.6) is 0 Å². The van der Waals surface area contributed by atoms with Crippen molar-refractivity contribution in [3.05, 3.63) is 23.6 Å². The molecule has 2 rings (SSSR count). The highest BCUT2D eigenvalue weighted by Crippen LogP contribution is 2.40. The minimum absolute atomic E-state index is 0.0101. The standard InChI is InChI=1S/C10H10N2O6S3/c11-7-4-19-10(9(7)12)6-2-1-5(20(13,14)15)3-8(6)21(16,17)18/h1-4H,11-12H2,(H,13,14,15)(H,16,17,18). The Bertz CT molecular complexity index is 914. The van der Waals surface area contributed by atoms with E-state index in [2.05, 4.69) is 0 Å². The molecular formula is C10H10N2O6S3. The van der Waals surface area contributed by atoms with Crippen LogP contribution < -0.4 is 11.5 Å². The molecule has 0 saturated carbocycles. The Kier molecular flexibility index (Phi) is 3.71. The van der Waals surface area contributed by atoms with Crippen LogP contribution in [0.1, 0.15) is 0 Å². The molecule has 0 spiro atoms. The normalized spacial score (nSPS) is 12.5. The lowest BCUT2D eigenvalue weighted by atomic mass is 10.1. The summed E-state index contributed by atoms with van der Waals surface area (Å²) < 4.78 is 63.2. The van der Waals surface area contributed by atoms with Crippen molar-refractivity contribution >= 4 is 42.9 Å². The molecule has 0 radical (unpaired) electrons. The second-order valence-corrected chi connectivity index (χ2v) is 7.73. The van der Waals surface area contributed by atoms with Crippen LogP contribution in [0.25, 0.3) is 10.4 Å². The molecule has 0 fully saturated rings. The summed E-state index contributed by atoms with van der Waals surface area (Å²) in [6.07, 6.45) is 0. The molecule has 0 aliphatic rings. The molecule has 11 heteroatoms. The number of nitrogens with two attached hydrogens (primary N) is 2. The summed E-state index contributed by atoms with van der Waals surface area (Å²) in [6.45, 7) is 0. The number of benzene rings is 1. The van der Waals surface area contributed by atoms with Crippen LogP contribution in [0.15, 0.2) is 33.4 Å². The number of hydrogen-bond donors (Lipinski definition) is 4. The number of anilines is 2. The molecule has 0 aliphatic heterocycles. The molecule has 6 N–H and O–H groups in total. The van der Waals surface area contributed by atoms with Gasteiger partial charge in [0.15, 0.2) is 0 Å². The number of thiophene rings is 1. The van der Waals surface area contributed by atoms with Gasteiger partial charge in [-0.25, -0.2) is 0 Å². The van der Waals surface area contributed by atoms with Crippen LogP contribution in [0.3, 0.4) is 0 Å². The van der Waals surface area contributed by atoms with Gasteiger partial charge in [0.05, 0.1) is 21.1 Å². The molecule has 1 aromatic carbocycles. The first-order valence-corrected chi connectivity index (χ1v) is 8.99. The maximum Gasteiger partial charge on any atom is 0.295 e. The lowest BCUT2D eigenvalue weighted by Gasteiger charge is -2.08. The lowest BCUT2D eigenvalue weighted by Crippen LogP contribution is -2.05. The predicted molar refractivity (Wildman–Crippen MR) is 78.2 cm³/mol. The lowest BCUT2D eigenvalue weighted by molar-refractivity contribution is 0.481. The van der Waals surface area contributed by atoms with E-state index in [1.165, 1.54) is 5.38 Å². The third kappa shape index (κ3) is 3.01. The highest BCUT2D eigenvalue weighted by Gasteiger charge is 2.23. The van der Waals surface area contributed by atoms with Gasteiger partial charge in [-0.2, -0.15) is 16.8 Å². The topological polar surface area (TPSA) is 161 Å². The summed E-state index contributed by atoms with van der Waals surface area (Å²) in [5.74, 6) is 0. The Balaban J connectivity index is 2.82. The zero-order valence-corrected chi connectivity index (χ0v) is 12.7. The maximum absolute atomic E-state index is 11.4. The first kappa shape index (κ1) is 15.7. The van der Waals surface area contributed by atoms with Gasteiger partial charge < -0.3 is 11.5 Å². The van der Waals surface area contributed by atoms with Crippen molar-refractivity contribution in [3.63, 3.8) is 0 Å². The largest absolute Gasteiger partial charge is 0.396 e. The molecule has 114 valence electrons. The smallest absolute Gasteiger partial charge is 0.295 e. The Morgan fingerprint density at radius 3 is 2.05 bits per heavy atom. The van der Waals surface area contributed by atoms with Crippen LogP contribution in [-0.4, -0.2) is 25.9 Å². The number of hydrogen-bond acceptors (Lipinski definition) is 7. The summed E-state index contributed by atoms with van der Waals surface area (Å²) in [4.78, 5) is -1.09. The van der Waals surface area contributed by atoms with Gasteiger partial charge >= 0.3 is 0 Å². The van der Waals surface area contributed by atoms with Crippen molar-refractivity contribution in [2.75, 3.05) is 11.5 Å². The van der Waals surface area contributed by atoms with E-state index in [0.717, 1.165) is 23.5 Å². The van der Waals surface area contributed by atoms with E-state index >= 15 is 0 Å². The first-order chi connectivity index (χ1) is 9.51. The molecule has 0 aliphatic carbocycles. The molecule has 21 heavy (non-hydrogen) atoms. The summed E-state index contributed by atoms with van der Waals surface area (Å²) in [5.41, 5.74) is 11.6. The van der Waals surface area contributed by atoms with Gasteiger partial charge in [-0.05, 0) is 12.1 Å².